The van der Waals surface area contributed by atoms with E-state index in [0.717, 1.165) is 6.54 Å². The Morgan fingerprint density at radius 3 is 2.67 bits per heavy atom. The Balaban J connectivity index is 1.75. The molecule has 24 heavy (non-hydrogen) atoms. The molecule has 3 N–H and O–H groups in total. The van der Waals surface area contributed by atoms with Gasteiger partial charge in [-0.3, -0.25) is 15.1 Å². The number of aliphatic imine (C=N–C) groups is 1. The van der Waals surface area contributed by atoms with Crippen LogP contribution in [0.5, 0.6) is 0 Å². The maximum Gasteiger partial charge on any atom is 0.292 e. The fraction of sp³-hybridized carbons (Fsp3) is 0.312. The summed E-state index contributed by atoms with van der Waals surface area (Å²) in [6.07, 6.45) is 0. The number of nitro groups is 1. The van der Waals surface area contributed by atoms with Gasteiger partial charge in [0, 0.05) is 36.0 Å². The second-order valence-electron chi connectivity index (χ2n) is 5.07. The van der Waals surface area contributed by atoms with Crippen LogP contribution in [0.3, 0.4) is 0 Å². The zero-order chi connectivity index (χ0) is 17.4. The van der Waals surface area contributed by atoms with Gasteiger partial charge >= 0.3 is 0 Å². The largest absolute Gasteiger partial charge is 0.378 e. The number of hydrogen-bond donors (Lipinski definition) is 3. The predicted molar refractivity (Wildman–Crippen MR) is 98.8 cm³/mol. The summed E-state index contributed by atoms with van der Waals surface area (Å²) in [5.74, 6) is 0.699. The smallest absolute Gasteiger partial charge is 0.292 e. The van der Waals surface area contributed by atoms with Gasteiger partial charge in [0.25, 0.3) is 5.69 Å². The fourth-order valence-corrected chi connectivity index (χ4v) is 2.96. The summed E-state index contributed by atoms with van der Waals surface area (Å²) in [7, 11) is 1.71. The number of para-hydroxylation sites is 2. The molecule has 0 unspecified atom stereocenters. The van der Waals surface area contributed by atoms with Crippen LogP contribution in [0.25, 0.3) is 0 Å². The number of anilines is 1. The van der Waals surface area contributed by atoms with E-state index in [4.69, 9.17) is 0 Å². The number of nitrogens with one attached hydrogen (secondary N) is 3. The van der Waals surface area contributed by atoms with Crippen LogP contribution in [0.2, 0.25) is 0 Å². The van der Waals surface area contributed by atoms with Crippen molar-refractivity contribution in [2.24, 2.45) is 4.99 Å². The first-order valence-electron chi connectivity index (χ1n) is 7.57. The summed E-state index contributed by atoms with van der Waals surface area (Å²) in [6.45, 7) is 3.93. The third kappa shape index (κ3) is 5.24. The van der Waals surface area contributed by atoms with Gasteiger partial charge in [-0.1, -0.05) is 12.1 Å². The lowest BCUT2D eigenvalue weighted by molar-refractivity contribution is -0.384. The molecule has 0 fully saturated rings. The molecule has 7 nitrogen and oxygen atoms in total. The number of benzene rings is 1. The van der Waals surface area contributed by atoms with Gasteiger partial charge in [-0.05, 0) is 25.1 Å². The van der Waals surface area contributed by atoms with E-state index in [1.807, 2.05) is 0 Å². The van der Waals surface area contributed by atoms with E-state index in [1.165, 1.54) is 15.8 Å². The van der Waals surface area contributed by atoms with E-state index in [1.54, 1.807) is 36.6 Å². The first-order chi connectivity index (χ1) is 11.6. The number of nitrogens with zero attached hydrogens (tertiary/aromatic N) is 2. The normalized spacial score (nSPS) is 11.2. The van der Waals surface area contributed by atoms with Crippen molar-refractivity contribution >= 4 is 28.7 Å². The van der Waals surface area contributed by atoms with Crippen LogP contribution in [0.15, 0.2) is 41.4 Å². The second-order valence-corrected chi connectivity index (χ2v) is 6.44. The Morgan fingerprint density at radius 2 is 2.00 bits per heavy atom. The minimum atomic E-state index is -0.390. The molecule has 0 saturated carbocycles. The topological polar surface area (TPSA) is 91.6 Å². The molecule has 0 spiro atoms. The Morgan fingerprint density at radius 1 is 1.21 bits per heavy atom. The first kappa shape index (κ1) is 17.7. The molecule has 0 amide bonds. The Bertz CT molecular complexity index is 714. The van der Waals surface area contributed by atoms with Crippen LogP contribution in [-0.4, -0.2) is 31.0 Å². The zero-order valence-corrected chi connectivity index (χ0v) is 14.5. The molecule has 0 aliphatic heterocycles. The molecule has 8 heteroatoms. The predicted octanol–water partition coefficient (Wildman–Crippen LogP) is 2.74. The summed E-state index contributed by atoms with van der Waals surface area (Å²) in [4.78, 5) is 17.3. The van der Waals surface area contributed by atoms with E-state index in [2.05, 4.69) is 40.0 Å². The van der Waals surface area contributed by atoms with Gasteiger partial charge in [0.15, 0.2) is 5.96 Å². The van der Waals surface area contributed by atoms with Crippen molar-refractivity contribution in [2.45, 2.75) is 13.5 Å². The average molecular weight is 347 g/mol. The minimum absolute atomic E-state index is 0.0769. The standard InChI is InChI=1S/C16H21N5O2S/c1-12-7-8-13(24-12)11-20-16(17-2)19-10-9-18-14-5-3-4-6-15(14)21(22)23/h3-8,18H,9-11H2,1-2H3,(H2,17,19,20). The van der Waals surface area contributed by atoms with E-state index in [9.17, 15) is 10.1 Å². The maximum atomic E-state index is 11.0. The molecule has 0 atom stereocenters. The third-order valence-corrected chi connectivity index (χ3v) is 4.28. The Hall–Kier alpha value is -2.61. The number of hydrogen-bond acceptors (Lipinski definition) is 5. The number of guanidine groups is 1. The van der Waals surface area contributed by atoms with Crippen LogP contribution < -0.4 is 16.0 Å². The lowest BCUT2D eigenvalue weighted by Crippen LogP contribution is -2.39. The van der Waals surface area contributed by atoms with Crippen LogP contribution in [0.4, 0.5) is 11.4 Å². The number of rotatable bonds is 7. The Labute approximate surface area is 145 Å². The van der Waals surface area contributed by atoms with Gasteiger partial charge in [-0.15, -0.1) is 11.3 Å². The highest BCUT2D eigenvalue weighted by Crippen LogP contribution is 2.22. The molecule has 0 bridgehead atoms. The van der Waals surface area contributed by atoms with Crippen LogP contribution >= 0.6 is 11.3 Å². The molecule has 0 saturated heterocycles. The molecule has 1 aromatic heterocycles. The summed E-state index contributed by atoms with van der Waals surface area (Å²) in [6, 6.07) is 10.8. The summed E-state index contributed by atoms with van der Waals surface area (Å²) in [5.41, 5.74) is 0.592. The van der Waals surface area contributed by atoms with E-state index >= 15 is 0 Å². The van der Waals surface area contributed by atoms with Gasteiger partial charge in [0.1, 0.15) is 5.69 Å². The molecule has 128 valence electrons. The van der Waals surface area contributed by atoms with Crippen LogP contribution in [0.1, 0.15) is 9.75 Å². The van der Waals surface area contributed by atoms with Crippen molar-refractivity contribution < 1.29 is 4.92 Å². The van der Waals surface area contributed by atoms with Gasteiger partial charge in [0.2, 0.25) is 0 Å². The van der Waals surface area contributed by atoms with Crippen molar-refractivity contribution in [2.75, 3.05) is 25.5 Å². The van der Waals surface area contributed by atoms with Gasteiger partial charge in [-0.25, -0.2) is 0 Å². The number of aryl methyl sites for hydroxylation is 1. The van der Waals surface area contributed by atoms with E-state index in [0.29, 0.717) is 24.7 Å². The van der Waals surface area contributed by atoms with E-state index < -0.39 is 0 Å². The summed E-state index contributed by atoms with van der Waals surface area (Å²) in [5, 5.41) is 20.4. The highest BCUT2D eigenvalue weighted by Gasteiger charge is 2.11. The minimum Gasteiger partial charge on any atom is -0.378 e. The van der Waals surface area contributed by atoms with Crippen LogP contribution in [0, 0.1) is 17.0 Å². The van der Waals surface area contributed by atoms with Crippen molar-refractivity contribution in [1.29, 1.82) is 0 Å². The molecule has 0 aliphatic rings. The number of nitro benzene ring substituents is 1. The lowest BCUT2D eigenvalue weighted by atomic mass is 10.2. The molecule has 0 aliphatic carbocycles. The van der Waals surface area contributed by atoms with Gasteiger partial charge in [-0.2, -0.15) is 0 Å². The highest BCUT2D eigenvalue weighted by atomic mass is 32.1. The molecule has 0 radical (unpaired) electrons. The molecule has 1 aromatic carbocycles. The number of thiophene rings is 1. The lowest BCUT2D eigenvalue weighted by Gasteiger charge is -2.12. The summed E-state index contributed by atoms with van der Waals surface area (Å²) < 4.78 is 0. The van der Waals surface area contributed by atoms with Crippen molar-refractivity contribution in [3.63, 3.8) is 0 Å². The van der Waals surface area contributed by atoms with E-state index in [-0.39, 0.29) is 10.6 Å². The average Bonchev–Trinajstić information content (AvgIpc) is 3.00. The van der Waals surface area contributed by atoms with Crippen molar-refractivity contribution in [3.8, 4) is 0 Å². The van der Waals surface area contributed by atoms with Crippen molar-refractivity contribution in [1.82, 2.24) is 10.6 Å². The highest BCUT2D eigenvalue weighted by molar-refractivity contribution is 7.11. The van der Waals surface area contributed by atoms with Gasteiger partial charge < -0.3 is 16.0 Å². The van der Waals surface area contributed by atoms with Crippen molar-refractivity contribution in [3.05, 3.63) is 56.3 Å². The second kappa shape index (κ2) is 8.88. The zero-order valence-electron chi connectivity index (χ0n) is 13.7. The van der Waals surface area contributed by atoms with Gasteiger partial charge in [0.05, 0.1) is 11.5 Å². The molecular weight excluding hydrogens is 326 g/mol. The molecule has 2 aromatic rings. The molecule has 2 rings (SSSR count). The Kier molecular flexibility index (Phi) is 6.56. The quantitative estimate of drug-likeness (QED) is 0.235. The monoisotopic (exact) mass is 347 g/mol. The molecular formula is C16H21N5O2S. The first-order valence-corrected chi connectivity index (χ1v) is 8.39. The third-order valence-electron chi connectivity index (χ3n) is 3.28. The fourth-order valence-electron chi connectivity index (χ4n) is 2.13. The molecule has 1 heterocycles. The SMILES string of the molecule is CN=C(NCCNc1ccccc1[N+](=O)[O-])NCc1ccc(C)s1. The maximum absolute atomic E-state index is 11.0. The summed E-state index contributed by atoms with van der Waals surface area (Å²) >= 11 is 1.75. The van der Waals surface area contributed by atoms with Crippen LogP contribution in [-0.2, 0) is 6.54 Å².